The molecule has 0 aliphatic heterocycles. The smallest absolute Gasteiger partial charge is 0.248 e. The molecular weight excluding hydrogens is 152 g/mol. The number of rotatable bonds is 2. The zero-order chi connectivity index (χ0) is 8.81. The molecule has 0 amide bonds. The maximum Gasteiger partial charge on any atom is 0.248 e. The molecule has 1 heterocycles. The van der Waals surface area contributed by atoms with E-state index in [4.69, 9.17) is 5.26 Å². The first-order valence-electron chi connectivity index (χ1n) is 3.55. The molecule has 1 aromatic heterocycles. The third-order valence-electron chi connectivity index (χ3n) is 1.32. The van der Waals surface area contributed by atoms with Crippen LogP contribution in [0.2, 0.25) is 0 Å². The van der Waals surface area contributed by atoms with Crippen LogP contribution in [0.1, 0.15) is 12.0 Å². The molecule has 0 aliphatic rings. The largest absolute Gasteiger partial charge is 0.329 e. The molecule has 60 valence electrons. The Bertz CT molecular complexity index is 371. The van der Waals surface area contributed by atoms with Gasteiger partial charge in [0.25, 0.3) is 0 Å². The van der Waals surface area contributed by atoms with Crippen molar-refractivity contribution in [1.29, 1.82) is 5.26 Å². The summed E-state index contributed by atoms with van der Waals surface area (Å²) in [5.41, 5.74) is 0.683. The van der Waals surface area contributed by atoms with Gasteiger partial charge in [-0.25, -0.2) is 0 Å². The van der Waals surface area contributed by atoms with E-state index in [1.54, 1.807) is 24.4 Å². The first kappa shape index (κ1) is 8.28. The number of hydrogen-bond acceptors (Lipinski definition) is 2. The van der Waals surface area contributed by atoms with Gasteiger partial charge in [-0.1, -0.05) is 12.2 Å². The number of H-pyrrole nitrogens is 1. The van der Waals surface area contributed by atoms with Gasteiger partial charge in [0.05, 0.1) is 12.5 Å². The Morgan fingerprint density at radius 1 is 1.67 bits per heavy atom. The molecule has 12 heavy (non-hydrogen) atoms. The zero-order valence-corrected chi connectivity index (χ0v) is 6.45. The van der Waals surface area contributed by atoms with E-state index >= 15 is 0 Å². The number of allylic oxidation sites excluding steroid dienone is 1. The quantitative estimate of drug-likeness (QED) is 0.708. The summed E-state index contributed by atoms with van der Waals surface area (Å²) in [5, 5.41) is 8.23. The summed E-state index contributed by atoms with van der Waals surface area (Å²) >= 11 is 0. The van der Waals surface area contributed by atoms with Gasteiger partial charge in [0.15, 0.2) is 0 Å². The fourth-order valence-corrected chi connectivity index (χ4v) is 0.813. The maximum absolute atomic E-state index is 10.8. The van der Waals surface area contributed by atoms with Crippen LogP contribution in [0.4, 0.5) is 0 Å². The van der Waals surface area contributed by atoms with Crippen LogP contribution in [0, 0.1) is 11.3 Å². The van der Waals surface area contributed by atoms with Crippen molar-refractivity contribution >= 4 is 6.08 Å². The van der Waals surface area contributed by atoms with Crippen molar-refractivity contribution in [2.75, 3.05) is 0 Å². The van der Waals surface area contributed by atoms with E-state index < -0.39 is 0 Å². The summed E-state index contributed by atoms with van der Waals surface area (Å²) < 4.78 is 0. The second-order valence-corrected chi connectivity index (χ2v) is 2.25. The Morgan fingerprint density at radius 3 is 3.17 bits per heavy atom. The summed E-state index contributed by atoms with van der Waals surface area (Å²) in [5.74, 6) is 0. The Hall–Kier alpha value is -1.82. The SMILES string of the molecule is N#CCC=Cc1cc[nH]c(=O)c1. The fourth-order valence-electron chi connectivity index (χ4n) is 0.813. The average molecular weight is 160 g/mol. The summed E-state index contributed by atoms with van der Waals surface area (Å²) in [6.45, 7) is 0. The summed E-state index contributed by atoms with van der Waals surface area (Å²) in [6.07, 6.45) is 5.41. The van der Waals surface area contributed by atoms with E-state index in [9.17, 15) is 4.79 Å². The molecular formula is C9H8N2O. The second kappa shape index (κ2) is 4.14. The van der Waals surface area contributed by atoms with Crippen LogP contribution in [0.3, 0.4) is 0 Å². The molecule has 0 bridgehead atoms. The molecule has 0 fully saturated rings. The second-order valence-electron chi connectivity index (χ2n) is 2.25. The van der Waals surface area contributed by atoms with Crippen molar-refractivity contribution in [1.82, 2.24) is 4.98 Å². The third kappa shape index (κ3) is 2.43. The van der Waals surface area contributed by atoms with E-state index in [1.165, 1.54) is 6.07 Å². The van der Waals surface area contributed by atoms with Gasteiger partial charge >= 0.3 is 0 Å². The van der Waals surface area contributed by atoms with Crippen molar-refractivity contribution in [3.63, 3.8) is 0 Å². The van der Waals surface area contributed by atoms with Crippen LogP contribution in [-0.4, -0.2) is 4.98 Å². The predicted molar refractivity (Wildman–Crippen MR) is 46.3 cm³/mol. The average Bonchev–Trinajstić information content (AvgIpc) is 2.05. The summed E-state index contributed by atoms with van der Waals surface area (Å²) in [6, 6.07) is 5.23. The van der Waals surface area contributed by atoms with Crippen LogP contribution in [-0.2, 0) is 0 Å². The van der Waals surface area contributed by atoms with Crippen LogP contribution in [0.15, 0.2) is 29.2 Å². The molecule has 1 rings (SSSR count). The lowest BCUT2D eigenvalue weighted by atomic mass is 10.2. The first-order valence-corrected chi connectivity index (χ1v) is 3.55. The van der Waals surface area contributed by atoms with Gasteiger partial charge in [0, 0.05) is 12.3 Å². The number of aromatic amines is 1. The monoisotopic (exact) mass is 160 g/mol. The highest BCUT2D eigenvalue weighted by atomic mass is 16.1. The van der Waals surface area contributed by atoms with Gasteiger partial charge in [-0.2, -0.15) is 5.26 Å². The predicted octanol–water partition coefficient (Wildman–Crippen LogP) is 1.30. The van der Waals surface area contributed by atoms with Crippen molar-refractivity contribution in [2.45, 2.75) is 6.42 Å². The minimum absolute atomic E-state index is 0.130. The standard InChI is InChI=1S/C9H8N2O/c10-5-2-1-3-8-4-6-11-9(12)7-8/h1,3-4,6-7H,2H2,(H,11,12). The molecule has 0 saturated carbocycles. The normalized spacial score (nSPS) is 9.92. The topological polar surface area (TPSA) is 56.6 Å². The number of nitriles is 1. The number of pyridine rings is 1. The maximum atomic E-state index is 10.8. The molecule has 0 unspecified atom stereocenters. The summed E-state index contributed by atoms with van der Waals surface area (Å²) in [4.78, 5) is 13.3. The summed E-state index contributed by atoms with van der Waals surface area (Å²) in [7, 11) is 0. The highest BCUT2D eigenvalue weighted by Crippen LogP contribution is 1.96. The Morgan fingerprint density at radius 2 is 2.50 bits per heavy atom. The van der Waals surface area contributed by atoms with Gasteiger partial charge in [-0.3, -0.25) is 4.79 Å². The lowest BCUT2D eigenvalue weighted by Gasteiger charge is -1.88. The van der Waals surface area contributed by atoms with Gasteiger partial charge in [0.1, 0.15) is 0 Å². The highest BCUT2D eigenvalue weighted by Gasteiger charge is 1.85. The van der Waals surface area contributed by atoms with Gasteiger partial charge in [-0.05, 0) is 11.6 Å². The molecule has 1 aromatic rings. The fraction of sp³-hybridized carbons (Fsp3) is 0.111. The van der Waals surface area contributed by atoms with Crippen LogP contribution in [0.5, 0.6) is 0 Å². The molecule has 3 heteroatoms. The molecule has 0 saturated heterocycles. The van der Waals surface area contributed by atoms with Crippen molar-refractivity contribution < 1.29 is 0 Å². The van der Waals surface area contributed by atoms with E-state index in [1.807, 2.05) is 6.07 Å². The lowest BCUT2D eigenvalue weighted by molar-refractivity contribution is 1.23. The van der Waals surface area contributed by atoms with E-state index in [2.05, 4.69) is 4.98 Å². The van der Waals surface area contributed by atoms with Crippen LogP contribution >= 0.6 is 0 Å². The molecule has 0 aromatic carbocycles. The molecule has 3 nitrogen and oxygen atoms in total. The molecule has 0 spiro atoms. The molecule has 1 N–H and O–H groups in total. The number of aromatic nitrogens is 1. The van der Waals surface area contributed by atoms with Gasteiger partial charge < -0.3 is 4.98 Å². The van der Waals surface area contributed by atoms with Crippen molar-refractivity contribution in [2.24, 2.45) is 0 Å². The number of nitrogens with zero attached hydrogens (tertiary/aromatic N) is 1. The zero-order valence-electron chi connectivity index (χ0n) is 6.45. The van der Waals surface area contributed by atoms with Crippen LogP contribution < -0.4 is 5.56 Å². The minimum Gasteiger partial charge on any atom is -0.329 e. The number of nitrogens with one attached hydrogen (secondary N) is 1. The Labute approximate surface area is 70.0 Å². The first-order chi connectivity index (χ1) is 5.83. The Kier molecular flexibility index (Phi) is 2.86. The highest BCUT2D eigenvalue weighted by molar-refractivity contribution is 5.48. The molecule has 0 aliphatic carbocycles. The lowest BCUT2D eigenvalue weighted by Crippen LogP contribution is -2.01. The van der Waals surface area contributed by atoms with E-state index in [-0.39, 0.29) is 5.56 Å². The third-order valence-corrected chi connectivity index (χ3v) is 1.32. The van der Waals surface area contributed by atoms with Crippen molar-refractivity contribution in [3.05, 3.63) is 40.3 Å². The molecule has 0 atom stereocenters. The van der Waals surface area contributed by atoms with E-state index in [0.717, 1.165) is 5.56 Å². The minimum atomic E-state index is -0.130. The Balaban J connectivity index is 2.78. The van der Waals surface area contributed by atoms with Crippen molar-refractivity contribution in [3.8, 4) is 6.07 Å². The van der Waals surface area contributed by atoms with Gasteiger partial charge in [-0.15, -0.1) is 0 Å². The van der Waals surface area contributed by atoms with Gasteiger partial charge in [0.2, 0.25) is 5.56 Å². The number of hydrogen-bond donors (Lipinski definition) is 1. The van der Waals surface area contributed by atoms with E-state index in [0.29, 0.717) is 6.42 Å². The molecule has 0 radical (unpaired) electrons. The van der Waals surface area contributed by atoms with Crippen LogP contribution in [0.25, 0.3) is 6.08 Å².